The summed E-state index contributed by atoms with van der Waals surface area (Å²) in [5.74, 6) is 0.604. The van der Waals surface area contributed by atoms with Gasteiger partial charge in [-0.3, -0.25) is 4.79 Å². The summed E-state index contributed by atoms with van der Waals surface area (Å²) in [6.45, 7) is 0. The molecule has 2 aromatic rings. The predicted octanol–water partition coefficient (Wildman–Crippen LogP) is 3.30. The minimum Gasteiger partial charge on any atom is -0.497 e. The molecule has 0 bridgehead atoms. The number of nitrogens with zero attached hydrogens (tertiary/aromatic N) is 2. The van der Waals surface area contributed by atoms with Crippen LogP contribution >= 0.6 is 0 Å². The van der Waals surface area contributed by atoms with Gasteiger partial charge in [0.2, 0.25) is 5.91 Å². The van der Waals surface area contributed by atoms with Crippen molar-refractivity contribution in [2.75, 3.05) is 7.11 Å². The summed E-state index contributed by atoms with van der Waals surface area (Å²) in [5, 5.41) is 4.05. The van der Waals surface area contributed by atoms with Gasteiger partial charge in [0.25, 0.3) is 0 Å². The molecule has 1 aliphatic rings. The lowest BCUT2D eigenvalue weighted by molar-refractivity contribution is -0.120. The number of ether oxygens (including phenoxy) is 1. The van der Waals surface area contributed by atoms with E-state index >= 15 is 0 Å². The summed E-state index contributed by atoms with van der Waals surface area (Å²) in [4.78, 5) is 11.9. The Kier molecular flexibility index (Phi) is 5.31. The lowest BCUT2D eigenvalue weighted by Gasteiger charge is -2.10. The Morgan fingerprint density at radius 2 is 2.21 bits per heavy atom. The van der Waals surface area contributed by atoms with Gasteiger partial charge in [0.15, 0.2) is 0 Å². The highest BCUT2D eigenvalue weighted by atomic mass is 16.5. The standard InChI is InChI=1S/C19H23N3O2/c1-24-18-8-4-5-15(11-18)12-19(23)21-20-13-16-9-10-22(14-16)17-6-2-3-7-17/h4-5,8-11,13-14,17H,2-3,6-7,12H2,1H3,(H,21,23)/b20-13+. The number of rotatable bonds is 6. The van der Waals surface area contributed by atoms with Gasteiger partial charge in [-0.2, -0.15) is 5.10 Å². The van der Waals surface area contributed by atoms with Crippen molar-refractivity contribution in [3.8, 4) is 5.75 Å². The molecular formula is C19H23N3O2. The zero-order valence-corrected chi connectivity index (χ0v) is 13.9. The number of hydrogen-bond donors (Lipinski definition) is 1. The van der Waals surface area contributed by atoms with Gasteiger partial charge < -0.3 is 9.30 Å². The average molecular weight is 325 g/mol. The first-order valence-electron chi connectivity index (χ1n) is 8.37. The highest BCUT2D eigenvalue weighted by Crippen LogP contribution is 2.29. The fourth-order valence-electron chi connectivity index (χ4n) is 3.12. The molecule has 126 valence electrons. The molecule has 0 saturated heterocycles. The van der Waals surface area contributed by atoms with Gasteiger partial charge in [0.05, 0.1) is 19.7 Å². The van der Waals surface area contributed by atoms with Crippen molar-refractivity contribution in [3.63, 3.8) is 0 Å². The van der Waals surface area contributed by atoms with Gasteiger partial charge in [-0.25, -0.2) is 5.43 Å². The monoisotopic (exact) mass is 325 g/mol. The zero-order chi connectivity index (χ0) is 16.8. The molecule has 1 aromatic carbocycles. The second-order valence-corrected chi connectivity index (χ2v) is 6.15. The normalized spacial score (nSPS) is 15.0. The van der Waals surface area contributed by atoms with Crippen LogP contribution in [0.3, 0.4) is 0 Å². The molecule has 0 atom stereocenters. The molecule has 1 aliphatic carbocycles. The van der Waals surface area contributed by atoms with E-state index in [4.69, 9.17) is 4.74 Å². The largest absolute Gasteiger partial charge is 0.497 e. The number of benzene rings is 1. The van der Waals surface area contributed by atoms with Crippen LogP contribution in [-0.4, -0.2) is 23.8 Å². The van der Waals surface area contributed by atoms with Gasteiger partial charge in [-0.05, 0) is 36.6 Å². The summed E-state index contributed by atoms with van der Waals surface area (Å²) in [6, 6.07) is 10.1. The van der Waals surface area contributed by atoms with E-state index in [1.165, 1.54) is 25.7 Å². The Labute approximate surface area is 142 Å². The Morgan fingerprint density at radius 3 is 3.00 bits per heavy atom. The van der Waals surface area contributed by atoms with Crippen LogP contribution in [0, 0.1) is 0 Å². The average Bonchev–Trinajstić information content (AvgIpc) is 3.26. The van der Waals surface area contributed by atoms with Crippen LogP contribution in [0.5, 0.6) is 5.75 Å². The number of aromatic nitrogens is 1. The van der Waals surface area contributed by atoms with Crippen LogP contribution in [0.4, 0.5) is 0 Å². The third-order valence-corrected chi connectivity index (χ3v) is 4.39. The van der Waals surface area contributed by atoms with Gasteiger partial charge in [-0.15, -0.1) is 0 Å². The molecule has 1 heterocycles. The number of amides is 1. The van der Waals surface area contributed by atoms with Gasteiger partial charge in [-0.1, -0.05) is 25.0 Å². The maximum atomic E-state index is 11.9. The van der Waals surface area contributed by atoms with Crippen molar-refractivity contribution < 1.29 is 9.53 Å². The molecule has 0 spiro atoms. The van der Waals surface area contributed by atoms with Crippen molar-refractivity contribution in [1.82, 2.24) is 9.99 Å². The number of nitrogens with one attached hydrogen (secondary N) is 1. The zero-order valence-electron chi connectivity index (χ0n) is 13.9. The minimum atomic E-state index is -0.144. The molecular weight excluding hydrogens is 302 g/mol. The first kappa shape index (κ1) is 16.3. The predicted molar refractivity (Wildman–Crippen MR) is 94.4 cm³/mol. The second kappa shape index (κ2) is 7.81. The van der Waals surface area contributed by atoms with E-state index in [2.05, 4.69) is 27.5 Å². The summed E-state index contributed by atoms with van der Waals surface area (Å²) >= 11 is 0. The maximum absolute atomic E-state index is 11.9. The first-order valence-corrected chi connectivity index (χ1v) is 8.37. The highest BCUT2D eigenvalue weighted by Gasteiger charge is 2.15. The molecule has 0 radical (unpaired) electrons. The van der Waals surface area contributed by atoms with Crippen LogP contribution in [0.15, 0.2) is 47.8 Å². The topological polar surface area (TPSA) is 55.6 Å². The maximum Gasteiger partial charge on any atom is 0.244 e. The number of methoxy groups -OCH3 is 1. The third kappa shape index (κ3) is 4.25. The van der Waals surface area contributed by atoms with E-state index < -0.39 is 0 Å². The molecule has 3 rings (SSSR count). The molecule has 1 N–H and O–H groups in total. The lowest BCUT2D eigenvalue weighted by atomic mass is 10.1. The van der Waals surface area contributed by atoms with E-state index in [1.807, 2.05) is 30.3 Å². The van der Waals surface area contributed by atoms with Crippen LogP contribution in [0.25, 0.3) is 0 Å². The highest BCUT2D eigenvalue weighted by molar-refractivity contribution is 5.83. The van der Waals surface area contributed by atoms with E-state index in [1.54, 1.807) is 13.3 Å². The molecule has 5 nitrogen and oxygen atoms in total. The summed E-state index contributed by atoms with van der Waals surface area (Å²) in [6.07, 6.45) is 11.3. The Hall–Kier alpha value is -2.56. The quantitative estimate of drug-likeness (QED) is 0.654. The van der Waals surface area contributed by atoms with Crippen molar-refractivity contribution >= 4 is 12.1 Å². The Balaban J connectivity index is 1.51. The van der Waals surface area contributed by atoms with Crippen LogP contribution in [0.1, 0.15) is 42.9 Å². The Morgan fingerprint density at radius 1 is 1.38 bits per heavy atom. The number of carbonyl (C=O) groups excluding carboxylic acids is 1. The van der Waals surface area contributed by atoms with Crippen molar-refractivity contribution in [3.05, 3.63) is 53.9 Å². The molecule has 1 amide bonds. The molecule has 1 saturated carbocycles. The third-order valence-electron chi connectivity index (χ3n) is 4.39. The first-order chi connectivity index (χ1) is 11.7. The van der Waals surface area contributed by atoms with Gasteiger partial charge >= 0.3 is 0 Å². The van der Waals surface area contributed by atoms with E-state index in [-0.39, 0.29) is 12.3 Å². The van der Waals surface area contributed by atoms with Gasteiger partial charge in [0, 0.05) is 24.0 Å². The number of hydrogen-bond acceptors (Lipinski definition) is 3. The lowest BCUT2D eigenvalue weighted by Crippen LogP contribution is -2.19. The summed E-state index contributed by atoms with van der Waals surface area (Å²) in [7, 11) is 1.61. The smallest absolute Gasteiger partial charge is 0.244 e. The molecule has 0 unspecified atom stereocenters. The molecule has 1 fully saturated rings. The van der Waals surface area contributed by atoms with Crippen molar-refractivity contribution in [2.45, 2.75) is 38.1 Å². The summed E-state index contributed by atoms with van der Waals surface area (Å²) < 4.78 is 7.41. The van der Waals surface area contributed by atoms with Crippen LogP contribution in [-0.2, 0) is 11.2 Å². The van der Waals surface area contributed by atoms with E-state index in [0.29, 0.717) is 6.04 Å². The molecule has 0 aliphatic heterocycles. The molecule has 5 heteroatoms. The number of hydrazone groups is 1. The Bertz CT molecular complexity index is 715. The fourth-order valence-corrected chi connectivity index (χ4v) is 3.12. The minimum absolute atomic E-state index is 0.144. The molecule has 1 aromatic heterocycles. The summed E-state index contributed by atoms with van der Waals surface area (Å²) in [5.41, 5.74) is 4.48. The van der Waals surface area contributed by atoms with E-state index in [0.717, 1.165) is 16.9 Å². The van der Waals surface area contributed by atoms with Crippen LogP contribution < -0.4 is 10.2 Å². The van der Waals surface area contributed by atoms with Crippen molar-refractivity contribution in [1.29, 1.82) is 0 Å². The SMILES string of the molecule is COc1cccc(CC(=O)N/N=C/c2ccn(C3CCCC3)c2)c1. The molecule has 24 heavy (non-hydrogen) atoms. The van der Waals surface area contributed by atoms with E-state index in [9.17, 15) is 4.79 Å². The van der Waals surface area contributed by atoms with Crippen LogP contribution in [0.2, 0.25) is 0 Å². The fraction of sp³-hybridized carbons (Fsp3) is 0.368. The van der Waals surface area contributed by atoms with Crippen molar-refractivity contribution in [2.24, 2.45) is 5.10 Å². The second-order valence-electron chi connectivity index (χ2n) is 6.15. The van der Waals surface area contributed by atoms with Gasteiger partial charge in [0.1, 0.15) is 5.75 Å². The number of carbonyl (C=O) groups is 1.